The second kappa shape index (κ2) is 6.17. The first-order chi connectivity index (χ1) is 10.3. The average Bonchev–Trinajstić information content (AvgIpc) is 2.47. The minimum absolute atomic E-state index is 0.0619. The smallest absolute Gasteiger partial charge is 0.266 e. The Labute approximate surface area is 128 Å². The van der Waals surface area contributed by atoms with Crippen molar-refractivity contribution in [3.8, 4) is 5.75 Å². The lowest BCUT2D eigenvalue weighted by Gasteiger charge is -2.10. The van der Waals surface area contributed by atoms with Crippen molar-refractivity contribution in [1.82, 2.24) is 10.3 Å². The van der Waals surface area contributed by atoms with Crippen molar-refractivity contribution in [3.63, 3.8) is 0 Å². The molecule has 1 amide bonds. The largest absolute Gasteiger partial charge is 0.508 e. The first-order valence-electron chi connectivity index (χ1n) is 6.48. The number of carbonyl (C=O) groups excluding carboxylic acids is 1. The van der Waals surface area contributed by atoms with E-state index in [9.17, 15) is 18.3 Å². The van der Waals surface area contributed by atoms with Crippen molar-refractivity contribution in [1.29, 1.82) is 0 Å². The highest BCUT2D eigenvalue weighted by Crippen LogP contribution is 2.14. The van der Waals surface area contributed by atoms with Gasteiger partial charge in [0.05, 0.1) is 4.90 Å². The molecule has 116 valence electrons. The molecule has 0 saturated heterocycles. The lowest BCUT2D eigenvalue weighted by atomic mass is 10.1. The third-order valence-corrected chi connectivity index (χ3v) is 4.44. The van der Waals surface area contributed by atoms with Crippen LogP contribution in [-0.2, 0) is 10.0 Å². The zero-order chi connectivity index (χ0) is 16.3. The quantitative estimate of drug-likeness (QED) is 0.746. The zero-order valence-corrected chi connectivity index (χ0v) is 12.9. The summed E-state index contributed by atoms with van der Waals surface area (Å²) in [5.41, 5.74) is 4.06. The highest BCUT2D eigenvalue weighted by Gasteiger charge is 2.16. The molecule has 0 aliphatic heterocycles. The molecule has 6 nitrogen and oxygen atoms in total. The number of amides is 1. The van der Waals surface area contributed by atoms with Gasteiger partial charge in [0, 0.05) is 5.56 Å². The van der Waals surface area contributed by atoms with Gasteiger partial charge in [-0.2, -0.15) is 0 Å². The standard InChI is InChI=1S/C15H16N2O4S/c1-10-6-7-14(8-11(10)2)22(20,21)17-16-15(19)12-4-3-5-13(18)9-12/h3-9,17-18H,1-2H3,(H,16,19). The fourth-order valence-corrected chi connectivity index (χ4v) is 2.70. The van der Waals surface area contributed by atoms with Crippen LogP contribution in [0.5, 0.6) is 5.75 Å². The second-order valence-electron chi connectivity index (χ2n) is 4.86. The van der Waals surface area contributed by atoms with Crippen molar-refractivity contribution in [2.45, 2.75) is 18.7 Å². The van der Waals surface area contributed by atoms with Crippen LogP contribution in [0.15, 0.2) is 47.4 Å². The van der Waals surface area contributed by atoms with Gasteiger partial charge in [-0.3, -0.25) is 10.2 Å². The second-order valence-corrected chi connectivity index (χ2v) is 6.54. The fourth-order valence-electron chi connectivity index (χ4n) is 1.77. The molecule has 7 heteroatoms. The van der Waals surface area contributed by atoms with E-state index in [2.05, 4.69) is 5.43 Å². The molecule has 2 rings (SSSR count). The molecule has 0 aromatic heterocycles. The predicted molar refractivity (Wildman–Crippen MR) is 81.8 cm³/mol. The number of hydrogen-bond donors (Lipinski definition) is 3. The van der Waals surface area contributed by atoms with Gasteiger partial charge in [-0.1, -0.05) is 12.1 Å². The fraction of sp³-hybridized carbons (Fsp3) is 0.133. The van der Waals surface area contributed by atoms with Crippen LogP contribution in [0.2, 0.25) is 0 Å². The number of aromatic hydroxyl groups is 1. The SMILES string of the molecule is Cc1ccc(S(=O)(=O)NNC(=O)c2cccc(O)c2)cc1C. The van der Waals surface area contributed by atoms with Gasteiger partial charge in [0.2, 0.25) is 0 Å². The van der Waals surface area contributed by atoms with Crippen LogP contribution in [-0.4, -0.2) is 19.4 Å². The van der Waals surface area contributed by atoms with Crippen molar-refractivity contribution >= 4 is 15.9 Å². The minimum atomic E-state index is -3.86. The number of rotatable bonds is 4. The van der Waals surface area contributed by atoms with Crippen LogP contribution in [0, 0.1) is 13.8 Å². The molecule has 22 heavy (non-hydrogen) atoms. The van der Waals surface area contributed by atoms with Crippen molar-refractivity contribution in [2.24, 2.45) is 0 Å². The summed E-state index contributed by atoms with van der Waals surface area (Å²) in [4.78, 5) is 13.9. The summed E-state index contributed by atoms with van der Waals surface area (Å²) < 4.78 is 24.2. The normalized spacial score (nSPS) is 11.2. The molecule has 0 bridgehead atoms. The summed E-state index contributed by atoms with van der Waals surface area (Å²) >= 11 is 0. The molecule has 0 unspecified atom stereocenters. The van der Waals surface area contributed by atoms with E-state index in [1.54, 1.807) is 13.0 Å². The summed E-state index contributed by atoms with van der Waals surface area (Å²) in [5.74, 6) is -0.743. The van der Waals surface area contributed by atoms with Gasteiger partial charge < -0.3 is 5.11 Å². The molecule has 0 aliphatic rings. The summed E-state index contributed by atoms with van der Waals surface area (Å²) in [6.07, 6.45) is 0. The van der Waals surface area contributed by atoms with Crippen molar-refractivity contribution in [2.75, 3.05) is 0 Å². The van der Waals surface area contributed by atoms with E-state index in [0.29, 0.717) is 0 Å². The molecular formula is C15H16N2O4S. The lowest BCUT2D eigenvalue weighted by molar-refractivity contribution is 0.0944. The number of hydrogen-bond acceptors (Lipinski definition) is 4. The Kier molecular flexibility index (Phi) is 4.48. The molecule has 0 fully saturated rings. The molecule has 0 spiro atoms. The third kappa shape index (κ3) is 3.63. The van der Waals surface area contributed by atoms with Crippen LogP contribution < -0.4 is 10.3 Å². The Bertz CT molecular complexity index is 816. The first kappa shape index (κ1) is 16.0. The lowest BCUT2D eigenvalue weighted by Crippen LogP contribution is -2.41. The van der Waals surface area contributed by atoms with Crippen molar-refractivity contribution < 1.29 is 18.3 Å². The molecule has 0 saturated carbocycles. The highest BCUT2D eigenvalue weighted by atomic mass is 32.2. The maximum absolute atomic E-state index is 12.1. The summed E-state index contributed by atoms with van der Waals surface area (Å²) in [5, 5.41) is 9.31. The van der Waals surface area contributed by atoms with E-state index >= 15 is 0 Å². The minimum Gasteiger partial charge on any atom is -0.508 e. The van der Waals surface area contributed by atoms with E-state index in [-0.39, 0.29) is 16.2 Å². The molecular weight excluding hydrogens is 304 g/mol. The summed E-state index contributed by atoms with van der Waals surface area (Å²) in [7, 11) is -3.86. The van der Waals surface area contributed by atoms with E-state index in [4.69, 9.17) is 0 Å². The van der Waals surface area contributed by atoms with Crippen LogP contribution in [0.4, 0.5) is 0 Å². The van der Waals surface area contributed by atoms with Gasteiger partial charge >= 0.3 is 0 Å². The Morgan fingerprint density at radius 1 is 1.05 bits per heavy atom. The Morgan fingerprint density at radius 2 is 1.77 bits per heavy atom. The maximum Gasteiger partial charge on any atom is 0.266 e. The molecule has 2 aromatic rings. The zero-order valence-electron chi connectivity index (χ0n) is 12.1. The van der Waals surface area contributed by atoms with Gasteiger partial charge in [-0.15, -0.1) is 4.83 Å². The van der Waals surface area contributed by atoms with Crippen LogP contribution in [0.25, 0.3) is 0 Å². The van der Waals surface area contributed by atoms with Crippen LogP contribution in [0.1, 0.15) is 21.5 Å². The van der Waals surface area contributed by atoms with E-state index in [1.165, 1.54) is 36.4 Å². The van der Waals surface area contributed by atoms with Gasteiger partial charge in [0.1, 0.15) is 5.75 Å². The monoisotopic (exact) mass is 320 g/mol. The first-order valence-corrected chi connectivity index (χ1v) is 7.96. The van der Waals surface area contributed by atoms with Gasteiger partial charge in [-0.25, -0.2) is 8.42 Å². The topological polar surface area (TPSA) is 95.5 Å². The van der Waals surface area contributed by atoms with E-state index < -0.39 is 15.9 Å². The number of benzene rings is 2. The molecule has 0 atom stereocenters. The molecule has 0 aliphatic carbocycles. The van der Waals surface area contributed by atoms with E-state index in [0.717, 1.165) is 11.1 Å². The molecule has 0 radical (unpaired) electrons. The highest BCUT2D eigenvalue weighted by molar-refractivity contribution is 7.89. The average molecular weight is 320 g/mol. The van der Waals surface area contributed by atoms with E-state index in [1.807, 2.05) is 11.8 Å². The van der Waals surface area contributed by atoms with Crippen molar-refractivity contribution in [3.05, 3.63) is 59.2 Å². The van der Waals surface area contributed by atoms with Crippen LogP contribution in [0.3, 0.4) is 0 Å². The summed E-state index contributed by atoms with van der Waals surface area (Å²) in [6.45, 7) is 3.68. The van der Waals surface area contributed by atoms with Gasteiger partial charge in [-0.05, 0) is 55.3 Å². The molecule has 2 aromatic carbocycles. The Balaban J connectivity index is 2.12. The molecule has 3 N–H and O–H groups in total. The number of phenols is 1. The Hall–Kier alpha value is -2.38. The maximum atomic E-state index is 12.1. The number of aryl methyl sites for hydroxylation is 2. The number of sulfonamides is 1. The number of phenolic OH excluding ortho intramolecular Hbond substituents is 1. The summed E-state index contributed by atoms with van der Waals surface area (Å²) in [6, 6.07) is 10.3. The van der Waals surface area contributed by atoms with Gasteiger partial charge in [0.15, 0.2) is 0 Å². The molecule has 0 heterocycles. The predicted octanol–water partition coefficient (Wildman–Crippen LogP) is 1.63. The number of hydrazine groups is 1. The number of carbonyl (C=O) groups is 1. The van der Waals surface area contributed by atoms with Crippen LogP contribution >= 0.6 is 0 Å². The van der Waals surface area contributed by atoms with Gasteiger partial charge in [0.25, 0.3) is 15.9 Å². The number of nitrogens with one attached hydrogen (secondary N) is 2. The third-order valence-electron chi connectivity index (χ3n) is 3.20. The Morgan fingerprint density at radius 3 is 2.41 bits per heavy atom.